The van der Waals surface area contributed by atoms with E-state index in [0.717, 1.165) is 22.4 Å². The number of anilines is 2. The van der Waals surface area contributed by atoms with Gasteiger partial charge in [0.05, 0.1) is 11.4 Å². The average molecular weight is 420 g/mol. The Morgan fingerprint density at radius 1 is 1.17 bits per heavy atom. The van der Waals surface area contributed by atoms with E-state index in [0.29, 0.717) is 10.8 Å². The fourth-order valence-corrected chi connectivity index (χ4v) is 4.03. The SMILES string of the molecule is Cc1ccc(C)c(-c2csc(NC(=O)C3=NN(c4ccccc4)C(C(N)=O)C3)n2)c1. The number of amides is 2. The summed E-state index contributed by atoms with van der Waals surface area (Å²) < 4.78 is 0. The first-order valence-electron chi connectivity index (χ1n) is 9.48. The second-order valence-electron chi connectivity index (χ2n) is 7.16. The molecular weight excluding hydrogens is 398 g/mol. The van der Waals surface area contributed by atoms with Gasteiger partial charge in [-0.15, -0.1) is 11.3 Å². The van der Waals surface area contributed by atoms with E-state index in [2.05, 4.69) is 33.6 Å². The van der Waals surface area contributed by atoms with Gasteiger partial charge in [-0.25, -0.2) is 4.98 Å². The van der Waals surface area contributed by atoms with Gasteiger partial charge in [-0.05, 0) is 37.6 Å². The van der Waals surface area contributed by atoms with Crippen LogP contribution in [0.4, 0.5) is 10.8 Å². The lowest BCUT2D eigenvalue weighted by molar-refractivity contribution is -0.119. The number of nitrogens with one attached hydrogen (secondary N) is 1. The number of hydrogen-bond donors (Lipinski definition) is 2. The predicted octanol–water partition coefficient (Wildman–Crippen LogP) is 3.49. The summed E-state index contributed by atoms with van der Waals surface area (Å²) in [6.07, 6.45) is 0.144. The Morgan fingerprint density at radius 3 is 2.67 bits per heavy atom. The van der Waals surface area contributed by atoms with Crippen molar-refractivity contribution in [3.63, 3.8) is 0 Å². The van der Waals surface area contributed by atoms with Crippen molar-refractivity contribution in [1.29, 1.82) is 0 Å². The summed E-state index contributed by atoms with van der Waals surface area (Å²) in [5, 5.41) is 11.1. The van der Waals surface area contributed by atoms with Crippen LogP contribution in [0.3, 0.4) is 0 Å². The molecule has 2 heterocycles. The summed E-state index contributed by atoms with van der Waals surface area (Å²) in [6, 6.07) is 14.7. The molecule has 4 rings (SSSR count). The molecule has 2 amide bonds. The molecule has 0 saturated carbocycles. The molecule has 7 nitrogen and oxygen atoms in total. The lowest BCUT2D eigenvalue weighted by atomic mass is 10.0. The standard InChI is InChI=1S/C22H21N5O2S/c1-13-8-9-14(2)16(10-13)18-12-30-22(24-18)25-21(29)17-11-19(20(23)28)27(26-17)15-6-4-3-5-7-15/h3-10,12,19H,11H2,1-2H3,(H2,23,28)(H,24,25,29). The van der Waals surface area contributed by atoms with E-state index in [1.165, 1.54) is 16.3 Å². The summed E-state index contributed by atoms with van der Waals surface area (Å²) in [6.45, 7) is 4.06. The van der Waals surface area contributed by atoms with Gasteiger partial charge >= 0.3 is 0 Å². The number of carbonyl (C=O) groups is 2. The number of benzene rings is 2. The summed E-state index contributed by atoms with van der Waals surface area (Å²) in [5.74, 6) is -0.918. The molecule has 3 aromatic rings. The predicted molar refractivity (Wildman–Crippen MR) is 120 cm³/mol. The van der Waals surface area contributed by atoms with Crippen molar-refractivity contribution in [3.05, 3.63) is 65.0 Å². The normalized spacial score (nSPS) is 15.7. The van der Waals surface area contributed by atoms with Crippen LogP contribution in [0.5, 0.6) is 0 Å². The topological polar surface area (TPSA) is 101 Å². The Kier molecular flexibility index (Phi) is 5.33. The molecule has 1 aliphatic heterocycles. The molecule has 1 aliphatic rings. The lowest BCUT2D eigenvalue weighted by Gasteiger charge is -2.20. The van der Waals surface area contributed by atoms with Crippen LogP contribution >= 0.6 is 11.3 Å². The molecule has 1 unspecified atom stereocenters. The second kappa shape index (κ2) is 8.08. The van der Waals surface area contributed by atoms with E-state index in [1.807, 2.05) is 49.6 Å². The van der Waals surface area contributed by atoms with Gasteiger partial charge < -0.3 is 5.73 Å². The zero-order valence-electron chi connectivity index (χ0n) is 16.6. The van der Waals surface area contributed by atoms with Gasteiger partial charge in [-0.3, -0.25) is 19.9 Å². The molecule has 8 heteroatoms. The fraction of sp³-hybridized carbons (Fsp3) is 0.182. The third-order valence-corrected chi connectivity index (χ3v) is 5.67. The van der Waals surface area contributed by atoms with Crippen LogP contribution in [-0.4, -0.2) is 28.6 Å². The lowest BCUT2D eigenvalue weighted by Crippen LogP contribution is -2.39. The van der Waals surface area contributed by atoms with Gasteiger partial charge in [-0.2, -0.15) is 5.10 Å². The first kappa shape index (κ1) is 19.8. The number of primary amides is 1. The zero-order valence-corrected chi connectivity index (χ0v) is 17.4. The number of thiazole rings is 1. The van der Waals surface area contributed by atoms with Crippen molar-refractivity contribution >= 4 is 39.7 Å². The minimum Gasteiger partial charge on any atom is -0.368 e. The minimum absolute atomic E-state index is 0.144. The summed E-state index contributed by atoms with van der Waals surface area (Å²) >= 11 is 1.35. The Morgan fingerprint density at radius 2 is 1.93 bits per heavy atom. The number of nitrogens with zero attached hydrogens (tertiary/aromatic N) is 3. The summed E-state index contributed by atoms with van der Waals surface area (Å²) in [7, 11) is 0. The van der Waals surface area contributed by atoms with E-state index >= 15 is 0 Å². The molecular formula is C22H21N5O2S. The maximum Gasteiger partial charge on any atom is 0.273 e. The third kappa shape index (κ3) is 3.95. The van der Waals surface area contributed by atoms with Crippen LogP contribution in [0.15, 0.2) is 59.0 Å². The molecule has 0 bridgehead atoms. The van der Waals surface area contributed by atoms with Crippen LogP contribution in [0.25, 0.3) is 11.3 Å². The highest BCUT2D eigenvalue weighted by atomic mass is 32.1. The van der Waals surface area contributed by atoms with Crippen molar-refractivity contribution in [3.8, 4) is 11.3 Å². The monoisotopic (exact) mass is 419 g/mol. The number of rotatable bonds is 5. The Balaban J connectivity index is 1.54. The van der Waals surface area contributed by atoms with Crippen molar-refractivity contribution < 1.29 is 9.59 Å². The highest BCUT2D eigenvalue weighted by Gasteiger charge is 2.35. The van der Waals surface area contributed by atoms with Crippen molar-refractivity contribution in [2.75, 3.05) is 10.3 Å². The van der Waals surface area contributed by atoms with Gasteiger partial charge in [0, 0.05) is 17.4 Å². The molecule has 1 aromatic heterocycles. The molecule has 0 spiro atoms. The molecule has 30 heavy (non-hydrogen) atoms. The number of carbonyl (C=O) groups excluding carboxylic acids is 2. The van der Waals surface area contributed by atoms with Gasteiger partial charge in [0.1, 0.15) is 11.8 Å². The minimum atomic E-state index is -0.699. The van der Waals surface area contributed by atoms with Gasteiger partial charge in [0.15, 0.2) is 5.13 Å². The number of aromatic nitrogens is 1. The van der Waals surface area contributed by atoms with Crippen LogP contribution in [0.1, 0.15) is 17.5 Å². The van der Waals surface area contributed by atoms with Crippen LogP contribution in [0.2, 0.25) is 0 Å². The number of nitrogens with two attached hydrogens (primary N) is 1. The number of hydrazone groups is 1. The molecule has 0 fully saturated rings. The highest BCUT2D eigenvalue weighted by Crippen LogP contribution is 2.29. The van der Waals surface area contributed by atoms with Crippen LogP contribution in [0, 0.1) is 13.8 Å². The fourth-order valence-electron chi connectivity index (χ4n) is 3.32. The van der Waals surface area contributed by atoms with Gasteiger partial charge in [0.2, 0.25) is 5.91 Å². The van der Waals surface area contributed by atoms with E-state index in [4.69, 9.17) is 5.73 Å². The first-order chi connectivity index (χ1) is 14.4. The molecule has 1 atom stereocenters. The molecule has 0 radical (unpaired) electrons. The summed E-state index contributed by atoms with van der Waals surface area (Å²) in [5.41, 5.74) is 10.6. The van der Waals surface area contributed by atoms with Crippen molar-refractivity contribution in [1.82, 2.24) is 4.98 Å². The Bertz CT molecular complexity index is 1140. The second-order valence-corrected chi connectivity index (χ2v) is 8.02. The Hall–Kier alpha value is -3.52. The smallest absolute Gasteiger partial charge is 0.273 e. The maximum absolute atomic E-state index is 12.8. The quantitative estimate of drug-likeness (QED) is 0.661. The molecule has 152 valence electrons. The number of hydrogen-bond acceptors (Lipinski definition) is 6. The third-order valence-electron chi connectivity index (χ3n) is 4.92. The van der Waals surface area contributed by atoms with Gasteiger partial charge in [-0.1, -0.05) is 35.9 Å². The summed E-state index contributed by atoms with van der Waals surface area (Å²) in [4.78, 5) is 29.2. The maximum atomic E-state index is 12.8. The molecule has 0 aliphatic carbocycles. The first-order valence-corrected chi connectivity index (χ1v) is 10.4. The Labute approximate surface area is 178 Å². The average Bonchev–Trinajstić information content (AvgIpc) is 3.38. The van der Waals surface area contributed by atoms with Crippen molar-refractivity contribution in [2.45, 2.75) is 26.3 Å². The number of para-hydroxylation sites is 1. The largest absolute Gasteiger partial charge is 0.368 e. The zero-order chi connectivity index (χ0) is 21.3. The molecule has 0 saturated heterocycles. The van der Waals surface area contributed by atoms with E-state index in [9.17, 15) is 9.59 Å². The van der Waals surface area contributed by atoms with E-state index in [1.54, 1.807) is 0 Å². The van der Waals surface area contributed by atoms with Crippen LogP contribution in [-0.2, 0) is 9.59 Å². The van der Waals surface area contributed by atoms with E-state index in [-0.39, 0.29) is 18.0 Å². The van der Waals surface area contributed by atoms with Crippen LogP contribution < -0.4 is 16.1 Å². The molecule has 3 N–H and O–H groups in total. The van der Waals surface area contributed by atoms with Gasteiger partial charge in [0.25, 0.3) is 5.91 Å². The number of aryl methyl sites for hydroxylation is 2. The molecule has 2 aromatic carbocycles. The van der Waals surface area contributed by atoms with Crippen molar-refractivity contribution in [2.24, 2.45) is 10.8 Å². The highest BCUT2D eigenvalue weighted by molar-refractivity contribution is 7.14. The van der Waals surface area contributed by atoms with E-state index < -0.39 is 11.9 Å².